The number of hydrogen-bond donors (Lipinski definition) is 2. The molecule has 0 aromatic heterocycles. The van der Waals surface area contributed by atoms with Crippen molar-refractivity contribution in [2.45, 2.75) is 11.8 Å². The number of methoxy groups -OCH3 is 1. The first-order chi connectivity index (χ1) is 11.6. The van der Waals surface area contributed by atoms with Gasteiger partial charge in [0.2, 0.25) is 5.91 Å². The molecular formula is C18H19N3O2S. The molecule has 2 N–H and O–H groups in total. The van der Waals surface area contributed by atoms with E-state index in [2.05, 4.69) is 16.7 Å². The number of amides is 1. The smallest absolute Gasteiger partial charge is 0.243 e. The summed E-state index contributed by atoms with van der Waals surface area (Å²) in [7, 11) is 1.62. The fraction of sp³-hybridized carbons (Fsp3) is 0.222. The minimum atomic E-state index is -0.143. The zero-order chi connectivity index (χ0) is 17.4. The third-order valence-corrected chi connectivity index (χ3v) is 4.27. The Balaban J connectivity index is 1.96. The Morgan fingerprint density at radius 2 is 2.04 bits per heavy atom. The van der Waals surface area contributed by atoms with Crippen molar-refractivity contribution >= 4 is 29.0 Å². The third-order valence-electron chi connectivity index (χ3n) is 3.33. The van der Waals surface area contributed by atoms with Gasteiger partial charge in [-0.1, -0.05) is 12.1 Å². The topological polar surface area (TPSA) is 74.2 Å². The first-order valence-electron chi connectivity index (χ1n) is 7.41. The summed E-state index contributed by atoms with van der Waals surface area (Å²) in [5.74, 6) is 0.983. The lowest BCUT2D eigenvalue weighted by atomic mass is 10.2. The van der Waals surface area contributed by atoms with Crippen LogP contribution in [0.15, 0.2) is 47.4 Å². The molecule has 0 saturated heterocycles. The lowest BCUT2D eigenvalue weighted by Crippen LogP contribution is -2.22. The van der Waals surface area contributed by atoms with E-state index in [0.29, 0.717) is 5.75 Å². The van der Waals surface area contributed by atoms with Crippen LogP contribution in [0.4, 0.5) is 11.4 Å². The zero-order valence-electron chi connectivity index (χ0n) is 13.6. The van der Waals surface area contributed by atoms with Gasteiger partial charge in [0.05, 0.1) is 31.2 Å². The van der Waals surface area contributed by atoms with Gasteiger partial charge in [-0.05, 0) is 42.8 Å². The number of nitrogens with one attached hydrogen (secondary N) is 2. The van der Waals surface area contributed by atoms with Crippen LogP contribution in [0.1, 0.15) is 5.56 Å². The van der Waals surface area contributed by atoms with Gasteiger partial charge in [0.25, 0.3) is 0 Å². The van der Waals surface area contributed by atoms with Crippen LogP contribution < -0.4 is 15.4 Å². The van der Waals surface area contributed by atoms with E-state index in [1.54, 1.807) is 7.11 Å². The molecule has 0 spiro atoms. The number of anilines is 2. The number of nitrogens with zero attached hydrogens (tertiary/aromatic N) is 1. The summed E-state index contributed by atoms with van der Waals surface area (Å²) < 4.78 is 5.17. The fourth-order valence-electron chi connectivity index (χ4n) is 2.14. The van der Waals surface area contributed by atoms with Gasteiger partial charge in [-0.3, -0.25) is 4.79 Å². The first-order valence-corrected chi connectivity index (χ1v) is 8.39. The molecule has 0 unspecified atom stereocenters. The van der Waals surface area contributed by atoms with Gasteiger partial charge >= 0.3 is 0 Å². The van der Waals surface area contributed by atoms with Gasteiger partial charge < -0.3 is 15.4 Å². The second kappa shape index (κ2) is 8.85. The van der Waals surface area contributed by atoms with Gasteiger partial charge in [-0.25, -0.2) is 0 Å². The van der Waals surface area contributed by atoms with E-state index in [1.165, 1.54) is 11.8 Å². The summed E-state index contributed by atoms with van der Waals surface area (Å²) >= 11 is 1.40. The van der Waals surface area contributed by atoms with Crippen molar-refractivity contribution in [2.75, 3.05) is 30.0 Å². The molecule has 0 atom stereocenters. The van der Waals surface area contributed by atoms with Gasteiger partial charge in [-0.15, -0.1) is 11.8 Å². The Labute approximate surface area is 146 Å². The van der Waals surface area contributed by atoms with E-state index in [9.17, 15) is 4.79 Å². The minimum Gasteiger partial charge on any atom is -0.497 e. The highest BCUT2D eigenvalue weighted by Crippen LogP contribution is 2.26. The molecule has 6 heteroatoms. The van der Waals surface area contributed by atoms with Crippen molar-refractivity contribution in [1.82, 2.24) is 0 Å². The predicted molar refractivity (Wildman–Crippen MR) is 97.6 cm³/mol. The van der Waals surface area contributed by atoms with Crippen molar-refractivity contribution in [3.63, 3.8) is 0 Å². The molecule has 24 heavy (non-hydrogen) atoms. The van der Waals surface area contributed by atoms with Gasteiger partial charge in [0, 0.05) is 10.6 Å². The van der Waals surface area contributed by atoms with E-state index in [4.69, 9.17) is 10.00 Å². The second-order valence-corrected chi connectivity index (χ2v) is 6.04. The second-order valence-electron chi connectivity index (χ2n) is 5.03. The summed E-state index contributed by atoms with van der Waals surface area (Å²) in [4.78, 5) is 13.1. The van der Waals surface area contributed by atoms with Crippen LogP contribution in [-0.4, -0.2) is 25.3 Å². The number of hydrogen-bond acceptors (Lipinski definition) is 5. The average Bonchev–Trinajstić information content (AvgIpc) is 2.59. The molecule has 124 valence electrons. The molecule has 2 rings (SSSR count). The first kappa shape index (κ1) is 17.7. The van der Waals surface area contributed by atoms with Crippen molar-refractivity contribution in [2.24, 2.45) is 0 Å². The lowest BCUT2D eigenvalue weighted by molar-refractivity contribution is -0.114. The van der Waals surface area contributed by atoms with Crippen LogP contribution in [-0.2, 0) is 4.79 Å². The van der Waals surface area contributed by atoms with Crippen LogP contribution in [0.2, 0.25) is 0 Å². The Morgan fingerprint density at radius 1 is 1.25 bits per heavy atom. The van der Waals surface area contributed by atoms with E-state index >= 15 is 0 Å². The Bertz CT molecular complexity index is 756. The Kier molecular flexibility index (Phi) is 6.52. The van der Waals surface area contributed by atoms with Gasteiger partial charge in [0.1, 0.15) is 5.75 Å². The molecule has 0 bridgehead atoms. The van der Waals surface area contributed by atoms with Crippen molar-refractivity contribution in [3.8, 4) is 11.8 Å². The van der Waals surface area contributed by atoms with Crippen molar-refractivity contribution in [1.29, 1.82) is 5.26 Å². The van der Waals surface area contributed by atoms with Crippen LogP contribution in [0.3, 0.4) is 0 Å². The van der Waals surface area contributed by atoms with Gasteiger partial charge in [0.15, 0.2) is 0 Å². The van der Waals surface area contributed by atoms with E-state index < -0.39 is 0 Å². The number of carbonyl (C=O) groups excluding carboxylic acids is 1. The number of nitriles is 1. The van der Waals surface area contributed by atoms with Gasteiger partial charge in [-0.2, -0.15) is 5.26 Å². The predicted octanol–water partition coefficient (Wildman–Crippen LogP) is 3.67. The third kappa shape index (κ3) is 4.93. The molecule has 0 fully saturated rings. The number of thioether (sulfide) groups is 1. The van der Waals surface area contributed by atoms with E-state index in [1.807, 2.05) is 49.4 Å². The summed E-state index contributed by atoms with van der Waals surface area (Å²) in [6.07, 6.45) is 0. The summed E-state index contributed by atoms with van der Waals surface area (Å²) in [6, 6.07) is 15.2. The maximum Gasteiger partial charge on any atom is 0.243 e. The van der Waals surface area contributed by atoms with Crippen LogP contribution >= 0.6 is 11.8 Å². The Hall–Kier alpha value is -2.65. The highest BCUT2D eigenvalue weighted by atomic mass is 32.2. The summed E-state index contributed by atoms with van der Waals surface area (Å²) in [5, 5.41) is 14.7. The van der Waals surface area contributed by atoms with E-state index in [-0.39, 0.29) is 12.5 Å². The molecule has 0 radical (unpaired) electrons. The SMILES string of the molecule is COc1ccc(NCC(=O)Nc2ccccc2SCC#N)c(C)c1. The molecule has 0 saturated carbocycles. The quantitative estimate of drug-likeness (QED) is 0.752. The fourth-order valence-corrected chi connectivity index (χ4v) is 2.81. The van der Waals surface area contributed by atoms with Crippen molar-refractivity contribution < 1.29 is 9.53 Å². The molecule has 5 nitrogen and oxygen atoms in total. The van der Waals surface area contributed by atoms with Crippen LogP contribution in [0.5, 0.6) is 5.75 Å². The number of aryl methyl sites for hydroxylation is 1. The normalized spacial score (nSPS) is 9.88. The van der Waals surface area contributed by atoms with E-state index in [0.717, 1.165) is 27.6 Å². The summed E-state index contributed by atoms with van der Waals surface area (Å²) in [5.41, 5.74) is 2.61. The van der Waals surface area contributed by atoms with Crippen LogP contribution in [0.25, 0.3) is 0 Å². The standard InChI is InChI=1S/C18H19N3O2S/c1-13-11-14(23-2)7-8-15(13)20-12-18(22)21-16-5-3-4-6-17(16)24-10-9-19/h3-8,11,20H,10,12H2,1-2H3,(H,21,22). The molecule has 0 aliphatic carbocycles. The van der Waals surface area contributed by atoms with Crippen molar-refractivity contribution in [3.05, 3.63) is 48.0 Å². The number of carbonyl (C=O) groups is 1. The molecule has 0 aliphatic heterocycles. The molecule has 0 heterocycles. The minimum absolute atomic E-state index is 0.143. The molecule has 1 amide bonds. The Morgan fingerprint density at radius 3 is 2.75 bits per heavy atom. The molecular weight excluding hydrogens is 322 g/mol. The monoisotopic (exact) mass is 341 g/mol. The highest BCUT2D eigenvalue weighted by Gasteiger charge is 2.08. The number of benzene rings is 2. The average molecular weight is 341 g/mol. The number of ether oxygens (including phenoxy) is 1. The zero-order valence-corrected chi connectivity index (χ0v) is 14.4. The molecule has 0 aliphatic rings. The van der Waals surface area contributed by atoms with Crippen LogP contribution in [0, 0.1) is 18.3 Å². The number of para-hydroxylation sites is 1. The number of rotatable bonds is 7. The highest BCUT2D eigenvalue weighted by molar-refractivity contribution is 7.99. The maximum atomic E-state index is 12.2. The largest absolute Gasteiger partial charge is 0.497 e. The summed E-state index contributed by atoms with van der Waals surface area (Å²) in [6.45, 7) is 2.11. The lowest BCUT2D eigenvalue weighted by Gasteiger charge is -2.12. The molecule has 2 aromatic carbocycles. The maximum absolute atomic E-state index is 12.2. The molecule has 2 aromatic rings.